The van der Waals surface area contributed by atoms with Crippen molar-refractivity contribution in [2.24, 2.45) is 0 Å². The van der Waals surface area contributed by atoms with Crippen molar-refractivity contribution < 1.29 is 4.74 Å². The van der Waals surface area contributed by atoms with Crippen molar-refractivity contribution in [2.45, 2.75) is 4.90 Å². The highest BCUT2D eigenvalue weighted by atomic mass is 79.9. The van der Waals surface area contributed by atoms with Crippen LogP contribution in [0.3, 0.4) is 0 Å². The zero-order valence-corrected chi connectivity index (χ0v) is 11.0. The molecule has 0 saturated carbocycles. The van der Waals surface area contributed by atoms with Crippen molar-refractivity contribution in [1.29, 1.82) is 0 Å². The molecule has 1 heterocycles. The van der Waals surface area contributed by atoms with E-state index in [9.17, 15) is 0 Å². The summed E-state index contributed by atoms with van der Waals surface area (Å²) in [7, 11) is 0. The van der Waals surface area contributed by atoms with Gasteiger partial charge in [-0.05, 0) is 34.3 Å². The number of hydrogen-bond donors (Lipinski definition) is 0. The summed E-state index contributed by atoms with van der Waals surface area (Å²) in [5.41, 5.74) is 0. The normalized spacial score (nSPS) is 10.1. The van der Waals surface area contributed by atoms with Gasteiger partial charge in [0.2, 0.25) is 5.88 Å². The summed E-state index contributed by atoms with van der Waals surface area (Å²) in [6.07, 6.45) is 5.13. The molecule has 0 amide bonds. The van der Waals surface area contributed by atoms with Crippen LogP contribution in [-0.4, -0.2) is 16.2 Å². The lowest BCUT2D eigenvalue weighted by molar-refractivity contribution is 0.447. The molecule has 0 aliphatic rings. The SMILES string of the molecule is CSc1ccccc1Oc1ncncc1Br. The highest BCUT2D eigenvalue weighted by Gasteiger charge is 2.06. The largest absolute Gasteiger partial charge is 0.437 e. The molecular formula is C11H9BrN2OS. The first kappa shape index (κ1) is 11.4. The second-order valence-corrected chi connectivity index (χ2v) is 4.63. The van der Waals surface area contributed by atoms with Crippen molar-refractivity contribution in [3.63, 3.8) is 0 Å². The Morgan fingerprint density at radius 3 is 2.88 bits per heavy atom. The molecule has 0 unspecified atom stereocenters. The molecule has 0 spiro atoms. The van der Waals surface area contributed by atoms with E-state index in [2.05, 4.69) is 25.9 Å². The van der Waals surface area contributed by atoms with E-state index >= 15 is 0 Å². The van der Waals surface area contributed by atoms with Crippen LogP contribution >= 0.6 is 27.7 Å². The summed E-state index contributed by atoms with van der Waals surface area (Å²) in [6.45, 7) is 0. The predicted octanol–water partition coefficient (Wildman–Crippen LogP) is 3.75. The molecule has 0 radical (unpaired) electrons. The fraction of sp³-hybridized carbons (Fsp3) is 0.0909. The molecule has 0 saturated heterocycles. The van der Waals surface area contributed by atoms with E-state index in [-0.39, 0.29) is 0 Å². The lowest BCUT2D eigenvalue weighted by Gasteiger charge is -2.08. The number of halogens is 1. The van der Waals surface area contributed by atoms with Crippen LogP contribution in [0, 0.1) is 0 Å². The van der Waals surface area contributed by atoms with E-state index in [1.807, 2.05) is 30.5 Å². The van der Waals surface area contributed by atoms with Gasteiger partial charge in [0, 0.05) is 11.1 Å². The standard InChI is InChI=1S/C11H9BrN2OS/c1-16-10-5-3-2-4-9(10)15-11-8(12)6-13-7-14-11/h2-7H,1H3. The maximum Gasteiger partial charge on any atom is 0.236 e. The van der Waals surface area contributed by atoms with Crippen molar-refractivity contribution in [2.75, 3.05) is 6.26 Å². The summed E-state index contributed by atoms with van der Waals surface area (Å²) in [5.74, 6) is 1.32. The van der Waals surface area contributed by atoms with Gasteiger partial charge >= 0.3 is 0 Å². The number of ether oxygens (including phenoxy) is 1. The number of thioether (sulfide) groups is 1. The zero-order chi connectivity index (χ0) is 11.4. The van der Waals surface area contributed by atoms with Gasteiger partial charge in [-0.25, -0.2) is 9.97 Å². The fourth-order valence-corrected chi connectivity index (χ4v) is 2.01. The van der Waals surface area contributed by atoms with E-state index in [0.717, 1.165) is 15.1 Å². The number of aromatic nitrogens is 2. The van der Waals surface area contributed by atoms with Gasteiger partial charge in [-0.2, -0.15) is 0 Å². The number of nitrogens with zero attached hydrogens (tertiary/aromatic N) is 2. The van der Waals surface area contributed by atoms with Crippen LogP contribution in [0.2, 0.25) is 0 Å². The minimum atomic E-state index is 0.525. The zero-order valence-electron chi connectivity index (χ0n) is 8.55. The highest BCUT2D eigenvalue weighted by molar-refractivity contribution is 9.10. The average Bonchev–Trinajstić information content (AvgIpc) is 2.33. The Bertz CT molecular complexity index is 493. The van der Waals surface area contributed by atoms with E-state index in [1.54, 1.807) is 18.0 Å². The topological polar surface area (TPSA) is 35.0 Å². The smallest absolute Gasteiger partial charge is 0.236 e. The fourth-order valence-electron chi connectivity index (χ4n) is 1.18. The molecule has 0 N–H and O–H groups in total. The Labute approximate surface area is 106 Å². The van der Waals surface area contributed by atoms with E-state index in [1.165, 1.54) is 6.33 Å². The van der Waals surface area contributed by atoms with Crippen LogP contribution in [0.1, 0.15) is 0 Å². The van der Waals surface area contributed by atoms with Crippen molar-refractivity contribution in [1.82, 2.24) is 9.97 Å². The molecule has 0 atom stereocenters. The molecule has 5 heteroatoms. The monoisotopic (exact) mass is 296 g/mol. The Morgan fingerprint density at radius 2 is 2.12 bits per heavy atom. The third-order valence-corrected chi connectivity index (χ3v) is 3.23. The molecule has 0 aliphatic heterocycles. The lowest BCUT2D eigenvalue weighted by Crippen LogP contribution is -1.91. The summed E-state index contributed by atoms with van der Waals surface area (Å²) in [4.78, 5) is 9.02. The summed E-state index contributed by atoms with van der Waals surface area (Å²) < 4.78 is 6.45. The molecule has 3 nitrogen and oxygen atoms in total. The van der Waals surface area contributed by atoms with Gasteiger partial charge < -0.3 is 4.74 Å². The van der Waals surface area contributed by atoms with Crippen molar-refractivity contribution in [3.05, 3.63) is 41.3 Å². The van der Waals surface area contributed by atoms with Crippen LogP contribution in [0.15, 0.2) is 46.2 Å². The van der Waals surface area contributed by atoms with E-state index in [0.29, 0.717) is 5.88 Å². The van der Waals surface area contributed by atoms with Gasteiger partial charge in [0.05, 0.1) is 4.47 Å². The highest BCUT2D eigenvalue weighted by Crippen LogP contribution is 2.32. The molecule has 1 aromatic heterocycles. The molecule has 0 bridgehead atoms. The van der Waals surface area contributed by atoms with Crippen LogP contribution in [0.4, 0.5) is 0 Å². The third-order valence-electron chi connectivity index (χ3n) is 1.91. The summed E-state index contributed by atoms with van der Waals surface area (Å²) in [5, 5.41) is 0. The first-order valence-electron chi connectivity index (χ1n) is 4.57. The van der Waals surface area contributed by atoms with Crippen LogP contribution in [0.25, 0.3) is 0 Å². The Balaban J connectivity index is 2.30. The molecule has 0 aliphatic carbocycles. The Kier molecular flexibility index (Phi) is 3.79. The second kappa shape index (κ2) is 5.32. The van der Waals surface area contributed by atoms with Crippen molar-refractivity contribution in [3.8, 4) is 11.6 Å². The van der Waals surface area contributed by atoms with Crippen molar-refractivity contribution >= 4 is 27.7 Å². The van der Waals surface area contributed by atoms with Gasteiger partial charge in [0.15, 0.2) is 0 Å². The quantitative estimate of drug-likeness (QED) is 0.808. The van der Waals surface area contributed by atoms with Gasteiger partial charge in [-0.1, -0.05) is 12.1 Å². The van der Waals surface area contributed by atoms with E-state index < -0.39 is 0 Å². The Morgan fingerprint density at radius 1 is 1.31 bits per heavy atom. The Hall–Kier alpha value is -1.07. The minimum absolute atomic E-state index is 0.525. The van der Waals surface area contributed by atoms with Gasteiger partial charge in [0.25, 0.3) is 0 Å². The summed E-state index contributed by atoms with van der Waals surface area (Å²) >= 11 is 4.98. The minimum Gasteiger partial charge on any atom is -0.437 e. The number of para-hydroxylation sites is 1. The molecular weight excluding hydrogens is 288 g/mol. The maximum atomic E-state index is 5.71. The average molecular weight is 297 g/mol. The predicted molar refractivity (Wildman–Crippen MR) is 68.0 cm³/mol. The van der Waals surface area contributed by atoms with Crippen LogP contribution in [-0.2, 0) is 0 Å². The first-order valence-corrected chi connectivity index (χ1v) is 6.59. The number of hydrogen-bond acceptors (Lipinski definition) is 4. The van der Waals surface area contributed by atoms with Gasteiger partial charge in [-0.3, -0.25) is 0 Å². The summed E-state index contributed by atoms with van der Waals surface area (Å²) in [6, 6.07) is 7.84. The van der Waals surface area contributed by atoms with E-state index in [4.69, 9.17) is 4.74 Å². The number of rotatable bonds is 3. The van der Waals surface area contributed by atoms with Crippen LogP contribution < -0.4 is 4.74 Å². The second-order valence-electron chi connectivity index (χ2n) is 2.93. The number of benzene rings is 1. The first-order chi connectivity index (χ1) is 7.81. The van der Waals surface area contributed by atoms with Gasteiger partial charge in [-0.15, -0.1) is 11.8 Å². The third kappa shape index (κ3) is 2.54. The molecule has 2 rings (SSSR count). The molecule has 1 aromatic carbocycles. The maximum absolute atomic E-state index is 5.71. The molecule has 82 valence electrons. The molecule has 16 heavy (non-hydrogen) atoms. The molecule has 2 aromatic rings. The van der Waals surface area contributed by atoms with Gasteiger partial charge in [0.1, 0.15) is 12.1 Å². The molecule has 0 fully saturated rings. The lowest BCUT2D eigenvalue weighted by atomic mass is 10.3. The van der Waals surface area contributed by atoms with Crippen LogP contribution in [0.5, 0.6) is 11.6 Å².